The summed E-state index contributed by atoms with van der Waals surface area (Å²) in [5.41, 5.74) is 8.41. The number of nitrogens with two attached hydrogens (primary N) is 1. The number of nitrogens with zero attached hydrogens (tertiary/aromatic N) is 2. The number of hydrogen-bond acceptors (Lipinski definition) is 2. The summed E-state index contributed by atoms with van der Waals surface area (Å²) in [5, 5.41) is 0.742. The Hall–Kier alpha value is -1.32. The van der Waals surface area contributed by atoms with E-state index in [1.807, 2.05) is 36.8 Å². The molecule has 0 bridgehead atoms. The first kappa shape index (κ1) is 11.8. The van der Waals surface area contributed by atoms with Crippen LogP contribution in [0, 0.1) is 0 Å². The highest BCUT2D eigenvalue weighted by molar-refractivity contribution is 6.30. The van der Waals surface area contributed by atoms with Crippen molar-refractivity contribution in [2.24, 2.45) is 5.73 Å². The normalized spacial score (nSPS) is 17.4. The monoisotopic (exact) mass is 261 g/mol. The van der Waals surface area contributed by atoms with E-state index in [2.05, 4.69) is 9.55 Å². The van der Waals surface area contributed by atoms with Gasteiger partial charge in [-0.3, -0.25) is 0 Å². The number of aromatic nitrogens is 2. The highest BCUT2D eigenvalue weighted by atomic mass is 35.5. The van der Waals surface area contributed by atoms with Crippen LogP contribution in [0.25, 0.3) is 11.3 Å². The van der Waals surface area contributed by atoms with Crippen LogP contribution in [0.15, 0.2) is 36.8 Å². The van der Waals surface area contributed by atoms with Crippen molar-refractivity contribution < 1.29 is 0 Å². The fourth-order valence-electron chi connectivity index (χ4n) is 2.46. The van der Waals surface area contributed by atoms with Crippen molar-refractivity contribution in [3.05, 3.63) is 41.8 Å². The Morgan fingerprint density at radius 2 is 2.22 bits per heavy atom. The van der Waals surface area contributed by atoms with Crippen LogP contribution in [0.4, 0.5) is 0 Å². The number of rotatable bonds is 3. The fourth-order valence-corrected chi connectivity index (χ4v) is 2.65. The van der Waals surface area contributed by atoms with E-state index in [0.717, 1.165) is 35.7 Å². The van der Waals surface area contributed by atoms with E-state index in [4.69, 9.17) is 17.3 Å². The number of hydrogen-bond donors (Lipinski definition) is 1. The highest BCUT2D eigenvalue weighted by Gasteiger charge is 2.33. The molecule has 4 heteroatoms. The van der Waals surface area contributed by atoms with Gasteiger partial charge >= 0.3 is 0 Å². The highest BCUT2D eigenvalue weighted by Crippen LogP contribution is 2.32. The third-order valence-corrected chi connectivity index (χ3v) is 3.90. The Morgan fingerprint density at radius 1 is 1.39 bits per heavy atom. The zero-order valence-corrected chi connectivity index (χ0v) is 10.9. The first-order chi connectivity index (χ1) is 8.66. The van der Waals surface area contributed by atoms with E-state index >= 15 is 0 Å². The summed E-state index contributed by atoms with van der Waals surface area (Å²) in [6.45, 7) is 0.828. The zero-order chi connectivity index (χ0) is 12.6. The van der Waals surface area contributed by atoms with Crippen LogP contribution in [-0.4, -0.2) is 15.1 Å². The molecule has 2 N–H and O–H groups in total. The van der Waals surface area contributed by atoms with E-state index in [0.29, 0.717) is 0 Å². The summed E-state index contributed by atoms with van der Waals surface area (Å²) in [6, 6.07) is 7.83. The molecule has 1 aliphatic carbocycles. The van der Waals surface area contributed by atoms with Crippen molar-refractivity contribution in [2.45, 2.75) is 31.3 Å². The molecule has 0 spiro atoms. The van der Waals surface area contributed by atoms with Crippen LogP contribution in [0.1, 0.15) is 19.3 Å². The predicted octanol–water partition coefficient (Wildman–Crippen LogP) is 3.08. The smallest absolute Gasteiger partial charge is 0.0951 e. The molecular formula is C14H16ClN3. The topological polar surface area (TPSA) is 43.8 Å². The standard InChI is InChI=1S/C14H16ClN3/c15-12-4-1-3-11(7-12)13-8-17-10-18(13)9-14(16)5-2-6-14/h1,3-4,7-8,10H,2,5-6,9,16H2. The maximum absolute atomic E-state index is 6.30. The fraction of sp³-hybridized carbons (Fsp3) is 0.357. The largest absolute Gasteiger partial charge is 0.329 e. The summed E-state index contributed by atoms with van der Waals surface area (Å²) in [4.78, 5) is 4.24. The molecule has 1 aromatic heterocycles. The lowest BCUT2D eigenvalue weighted by Crippen LogP contribution is -2.49. The number of halogens is 1. The minimum atomic E-state index is -0.0476. The second-order valence-electron chi connectivity index (χ2n) is 5.13. The Balaban J connectivity index is 1.91. The van der Waals surface area contributed by atoms with E-state index in [9.17, 15) is 0 Å². The van der Waals surface area contributed by atoms with Gasteiger partial charge in [-0.25, -0.2) is 4.98 Å². The summed E-state index contributed by atoms with van der Waals surface area (Å²) in [6.07, 6.45) is 7.15. The summed E-state index contributed by atoms with van der Waals surface area (Å²) >= 11 is 6.03. The van der Waals surface area contributed by atoms with Gasteiger partial charge in [0.25, 0.3) is 0 Å². The zero-order valence-electron chi connectivity index (χ0n) is 10.1. The van der Waals surface area contributed by atoms with E-state index in [1.165, 1.54) is 6.42 Å². The molecule has 0 aliphatic heterocycles. The van der Waals surface area contributed by atoms with E-state index < -0.39 is 0 Å². The first-order valence-electron chi connectivity index (χ1n) is 6.21. The molecule has 2 aromatic rings. The molecule has 1 saturated carbocycles. The van der Waals surface area contributed by atoms with Gasteiger partial charge in [-0.1, -0.05) is 23.7 Å². The molecule has 0 radical (unpaired) electrons. The minimum Gasteiger partial charge on any atom is -0.329 e. The van der Waals surface area contributed by atoms with Crippen LogP contribution in [-0.2, 0) is 6.54 Å². The third-order valence-electron chi connectivity index (χ3n) is 3.67. The summed E-state index contributed by atoms with van der Waals surface area (Å²) in [5.74, 6) is 0. The van der Waals surface area contributed by atoms with Crippen LogP contribution in [0.3, 0.4) is 0 Å². The molecule has 3 nitrogen and oxygen atoms in total. The van der Waals surface area contributed by atoms with Gasteiger partial charge in [-0.2, -0.15) is 0 Å². The Bertz CT molecular complexity index is 558. The lowest BCUT2D eigenvalue weighted by Gasteiger charge is -2.38. The molecule has 0 saturated heterocycles. The molecule has 0 amide bonds. The van der Waals surface area contributed by atoms with Crippen LogP contribution < -0.4 is 5.73 Å². The average molecular weight is 262 g/mol. The number of benzene rings is 1. The Labute approximate surface area is 112 Å². The molecule has 0 atom stereocenters. The minimum absolute atomic E-state index is 0.0476. The van der Waals surface area contributed by atoms with Gasteiger partial charge in [0.05, 0.1) is 18.2 Å². The van der Waals surface area contributed by atoms with E-state index in [-0.39, 0.29) is 5.54 Å². The van der Waals surface area contributed by atoms with Crippen LogP contribution in [0.5, 0.6) is 0 Å². The molecule has 3 rings (SSSR count). The average Bonchev–Trinajstić information content (AvgIpc) is 2.75. The van der Waals surface area contributed by atoms with Crippen LogP contribution >= 0.6 is 11.6 Å². The van der Waals surface area contributed by atoms with Crippen molar-refractivity contribution in [2.75, 3.05) is 0 Å². The SMILES string of the molecule is NC1(Cn2cncc2-c2cccc(Cl)c2)CCC1. The van der Waals surface area contributed by atoms with Crippen molar-refractivity contribution in [3.63, 3.8) is 0 Å². The van der Waals surface area contributed by atoms with Crippen molar-refractivity contribution in [1.82, 2.24) is 9.55 Å². The van der Waals surface area contributed by atoms with Crippen molar-refractivity contribution in [1.29, 1.82) is 0 Å². The molecule has 1 heterocycles. The second-order valence-corrected chi connectivity index (χ2v) is 5.57. The maximum atomic E-state index is 6.30. The van der Waals surface area contributed by atoms with Gasteiger partial charge in [0.2, 0.25) is 0 Å². The molecule has 1 aromatic carbocycles. The van der Waals surface area contributed by atoms with E-state index in [1.54, 1.807) is 0 Å². The van der Waals surface area contributed by atoms with Gasteiger partial charge in [-0.15, -0.1) is 0 Å². The van der Waals surface area contributed by atoms with Gasteiger partial charge in [-0.05, 0) is 31.4 Å². The lowest BCUT2D eigenvalue weighted by atomic mass is 9.77. The Morgan fingerprint density at radius 3 is 2.89 bits per heavy atom. The van der Waals surface area contributed by atoms with Gasteiger partial charge in [0.1, 0.15) is 0 Å². The molecular weight excluding hydrogens is 246 g/mol. The van der Waals surface area contributed by atoms with Crippen molar-refractivity contribution >= 4 is 11.6 Å². The summed E-state index contributed by atoms with van der Waals surface area (Å²) < 4.78 is 2.13. The molecule has 1 aliphatic rings. The lowest BCUT2D eigenvalue weighted by molar-refractivity contribution is 0.216. The van der Waals surface area contributed by atoms with Gasteiger partial charge < -0.3 is 10.3 Å². The summed E-state index contributed by atoms with van der Waals surface area (Å²) in [7, 11) is 0. The van der Waals surface area contributed by atoms with Gasteiger partial charge in [0, 0.05) is 22.7 Å². The molecule has 18 heavy (non-hydrogen) atoms. The molecule has 94 valence electrons. The first-order valence-corrected chi connectivity index (χ1v) is 6.59. The second kappa shape index (κ2) is 4.41. The van der Waals surface area contributed by atoms with Crippen LogP contribution in [0.2, 0.25) is 5.02 Å². The Kier molecular flexibility index (Phi) is 2.88. The number of imidazole rings is 1. The predicted molar refractivity (Wildman–Crippen MR) is 73.4 cm³/mol. The third kappa shape index (κ3) is 2.16. The molecule has 1 fully saturated rings. The van der Waals surface area contributed by atoms with Crippen molar-refractivity contribution in [3.8, 4) is 11.3 Å². The van der Waals surface area contributed by atoms with Gasteiger partial charge in [0.15, 0.2) is 0 Å². The maximum Gasteiger partial charge on any atom is 0.0951 e. The molecule has 0 unspecified atom stereocenters. The quantitative estimate of drug-likeness (QED) is 0.923.